The van der Waals surface area contributed by atoms with E-state index in [0.29, 0.717) is 0 Å². The minimum absolute atomic E-state index is 0. The normalized spacial score (nSPS) is 5.14. The molecule has 0 spiro atoms. The van der Waals surface area contributed by atoms with Crippen LogP contribution in [0.15, 0.2) is 0 Å². The standard InChI is InChI=1S/CH4N2O.CH2O3.Ca.NO3.H3N/c2*2-1(3)4;;2-1(3)4;/h(H4,2,3,4);(H2,2,3,4);;;1H3/q;;+2;-1;/p-1. The van der Waals surface area contributed by atoms with Crippen molar-refractivity contribution < 1.29 is 24.9 Å². The van der Waals surface area contributed by atoms with Crippen LogP contribution in [0.3, 0.4) is 0 Å². The van der Waals surface area contributed by atoms with Gasteiger partial charge in [-0.25, -0.2) is 4.79 Å². The van der Waals surface area contributed by atoms with Gasteiger partial charge in [0.25, 0.3) is 0 Å². The average molecular weight is 240 g/mol. The summed E-state index contributed by atoms with van der Waals surface area (Å²) >= 11 is 0. The molecule has 8 N–H and O–H groups in total. The van der Waals surface area contributed by atoms with E-state index < -0.39 is 17.3 Å². The molecule has 0 saturated carbocycles. The Labute approximate surface area is 107 Å². The van der Waals surface area contributed by atoms with Crippen LogP contribution < -0.4 is 27.8 Å². The Hall–Kier alpha value is -1.04. The third-order valence-electron chi connectivity index (χ3n) is 0. The zero-order chi connectivity index (χ0) is 10.7. The number of carbonyl (C=O) groups is 2. The summed E-state index contributed by atoms with van der Waals surface area (Å²) in [7, 11) is 0. The first kappa shape index (κ1) is 29.3. The number of quaternary nitrogens is 1. The number of nitrogens with zero attached hydrogens (tertiary/aromatic N) is 1. The van der Waals surface area contributed by atoms with Crippen molar-refractivity contribution in [3.8, 4) is 0 Å². The summed E-state index contributed by atoms with van der Waals surface area (Å²) in [6.45, 7) is 0. The molecule has 0 atom stereocenters. The first-order valence-corrected chi connectivity index (χ1v) is 1.94. The van der Waals surface area contributed by atoms with Gasteiger partial charge in [-0.15, -0.1) is 0 Å². The number of hydrogen-bond donors (Lipinski definition) is 3. The molecule has 0 aliphatic rings. The molecule has 11 nitrogen and oxygen atoms in total. The second kappa shape index (κ2) is 22.7. The van der Waals surface area contributed by atoms with Gasteiger partial charge in [-0.05, 0) is 6.16 Å². The number of urea groups is 1. The van der Waals surface area contributed by atoms with Crippen LogP contribution in [0.4, 0.5) is 9.59 Å². The van der Waals surface area contributed by atoms with Crippen molar-refractivity contribution in [2.24, 2.45) is 11.5 Å². The van der Waals surface area contributed by atoms with Gasteiger partial charge in [0.05, 0.1) is 5.09 Å². The zero-order valence-corrected chi connectivity index (χ0v) is 9.38. The Morgan fingerprint density at radius 3 is 1.07 bits per heavy atom. The molecule has 0 aromatic rings. The van der Waals surface area contributed by atoms with Crippen molar-refractivity contribution in [2.45, 2.75) is 0 Å². The molecule has 0 unspecified atom stereocenters. The van der Waals surface area contributed by atoms with E-state index in [1.807, 2.05) is 0 Å². The molecule has 0 aromatic carbocycles. The van der Waals surface area contributed by atoms with Gasteiger partial charge in [0, 0.05) is 0 Å². The van der Waals surface area contributed by atoms with E-state index >= 15 is 0 Å². The molecule has 0 aromatic heterocycles. The van der Waals surface area contributed by atoms with Crippen LogP contribution in [-0.4, -0.2) is 55.0 Å². The van der Waals surface area contributed by atoms with Gasteiger partial charge in [0.15, 0.2) is 0 Å². The van der Waals surface area contributed by atoms with E-state index in [1.165, 1.54) is 0 Å². The monoisotopic (exact) mass is 240 g/mol. The fourth-order valence-electron chi connectivity index (χ4n) is 0. The SMILES string of the molecule is NC(N)=O.O=C([O-])[O-].O=[N+]([O-])[O-].[Ca+2].[NH4+]. The van der Waals surface area contributed by atoms with Gasteiger partial charge in [0.1, 0.15) is 0 Å². The molecule has 0 aliphatic heterocycles. The van der Waals surface area contributed by atoms with Crippen LogP contribution in [0.2, 0.25) is 0 Å². The molecule has 0 bridgehead atoms. The summed E-state index contributed by atoms with van der Waals surface area (Å²) in [6, 6.07) is -0.833. The zero-order valence-electron chi connectivity index (χ0n) is 7.17. The fraction of sp³-hybridized carbons (Fsp3) is 0. The van der Waals surface area contributed by atoms with Crippen LogP contribution in [0.5, 0.6) is 0 Å². The van der Waals surface area contributed by atoms with Crippen LogP contribution in [0, 0.1) is 15.3 Å². The Balaban J connectivity index is -0.0000000270. The second-order valence-corrected chi connectivity index (χ2v) is 0.876. The Morgan fingerprint density at radius 2 is 1.07 bits per heavy atom. The number of nitrogens with two attached hydrogens (primary N) is 2. The van der Waals surface area contributed by atoms with Gasteiger partial charge >= 0.3 is 43.8 Å². The summed E-state index contributed by atoms with van der Waals surface area (Å²) in [5.41, 5.74) is 8.50. The van der Waals surface area contributed by atoms with Gasteiger partial charge < -0.3 is 47.9 Å². The Kier molecular flexibility index (Phi) is 47.4. The van der Waals surface area contributed by atoms with Crippen LogP contribution in [0.25, 0.3) is 0 Å². The van der Waals surface area contributed by atoms with Crippen LogP contribution >= 0.6 is 0 Å². The Bertz CT molecular complexity index is 121. The van der Waals surface area contributed by atoms with Gasteiger partial charge in [-0.1, -0.05) is 0 Å². The van der Waals surface area contributed by atoms with Crippen LogP contribution in [-0.2, 0) is 0 Å². The summed E-state index contributed by atoms with van der Waals surface area (Å²) in [4.78, 5) is 25.6. The maximum Gasteiger partial charge on any atom is 2.00 e. The third-order valence-corrected chi connectivity index (χ3v) is 0. The third kappa shape index (κ3) is 1000. The molecule has 0 saturated heterocycles. The predicted molar refractivity (Wildman–Crippen MR) is 41.3 cm³/mol. The van der Waals surface area contributed by atoms with Gasteiger partial charge in [0.2, 0.25) is 0 Å². The molecule has 0 radical (unpaired) electrons. The van der Waals surface area contributed by atoms with Gasteiger partial charge in [-0.3, -0.25) is 0 Å². The topological polar surface area (TPSA) is 235 Å². The van der Waals surface area contributed by atoms with Crippen molar-refractivity contribution in [1.82, 2.24) is 6.15 Å². The fourth-order valence-corrected chi connectivity index (χ4v) is 0. The largest absolute Gasteiger partial charge is 2.00 e. The number of carbonyl (C=O) groups excluding carboxylic acids is 2. The minimum atomic E-state index is -2.33. The molecule has 0 rings (SSSR count). The molecule has 12 heteroatoms. The Morgan fingerprint density at radius 1 is 1.07 bits per heavy atom. The molecule has 14 heavy (non-hydrogen) atoms. The van der Waals surface area contributed by atoms with Crippen LogP contribution in [0.1, 0.15) is 0 Å². The second-order valence-electron chi connectivity index (χ2n) is 0.876. The molecule has 0 heterocycles. The van der Waals surface area contributed by atoms with Crippen molar-refractivity contribution >= 4 is 49.9 Å². The summed E-state index contributed by atoms with van der Waals surface area (Å²) < 4.78 is 0. The number of carboxylic acid groups (broad SMARTS) is 2. The van der Waals surface area contributed by atoms with E-state index in [0.717, 1.165) is 0 Å². The minimum Gasteiger partial charge on any atom is -0.652 e. The van der Waals surface area contributed by atoms with E-state index in [2.05, 4.69) is 11.5 Å². The molecular weight excluding hydrogens is 232 g/mol. The molecule has 80 valence electrons. The van der Waals surface area contributed by atoms with Crippen molar-refractivity contribution in [2.75, 3.05) is 0 Å². The summed E-state index contributed by atoms with van der Waals surface area (Å²) in [6.07, 6.45) is -2.33. The quantitative estimate of drug-likeness (QED) is 0.217. The smallest absolute Gasteiger partial charge is 0.652 e. The van der Waals surface area contributed by atoms with Crippen molar-refractivity contribution in [1.29, 1.82) is 0 Å². The van der Waals surface area contributed by atoms with E-state index in [9.17, 15) is 0 Å². The summed E-state index contributed by atoms with van der Waals surface area (Å²) in [5.74, 6) is 0. The first-order valence-electron chi connectivity index (χ1n) is 1.94. The van der Waals surface area contributed by atoms with E-state index in [4.69, 9.17) is 35.1 Å². The molecular formula is C2H8CaN4O7. The number of primary amides is 2. The number of hydrogen-bond acceptors (Lipinski definition) is 7. The molecule has 2 amide bonds. The predicted octanol–water partition coefficient (Wildman–Crippen LogP) is -3.67. The summed E-state index contributed by atoms with van der Waals surface area (Å²) in [5, 5.41) is 31.4. The maximum absolute atomic E-state index is 9.00. The van der Waals surface area contributed by atoms with E-state index in [-0.39, 0.29) is 43.9 Å². The molecule has 0 fully saturated rings. The molecule has 0 aliphatic carbocycles. The van der Waals surface area contributed by atoms with Gasteiger partial charge in [-0.2, -0.15) is 0 Å². The maximum atomic E-state index is 9.00. The number of amides is 2. The average Bonchev–Trinajstić information content (AvgIpc) is 1.54. The van der Waals surface area contributed by atoms with E-state index in [1.54, 1.807) is 0 Å². The van der Waals surface area contributed by atoms with Crippen molar-refractivity contribution in [3.05, 3.63) is 15.3 Å². The van der Waals surface area contributed by atoms with Crippen molar-refractivity contribution in [3.63, 3.8) is 0 Å². The number of rotatable bonds is 0. The first-order chi connectivity index (χ1) is 5.20.